The smallest absolute Gasteiger partial charge is 0.253 e. The van der Waals surface area contributed by atoms with Crippen LogP contribution in [0.2, 0.25) is 0 Å². The van der Waals surface area contributed by atoms with Gasteiger partial charge in [0, 0.05) is 24.5 Å². The molecule has 0 atom stereocenters. The Bertz CT molecular complexity index is 566. The summed E-state index contributed by atoms with van der Waals surface area (Å²) in [5, 5.41) is 11.5. The van der Waals surface area contributed by atoms with Crippen molar-refractivity contribution in [2.45, 2.75) is 20.4 Å². The van der Waals surface area contributed by atoms with E-state index in [9.17, 15) is 14.5 Å². The first kappa shape index (κ1) is 14.8. The van der Waals surface area contributed by atoms with Crippen molar-refractivity contribution >= 4 is 7.14 Å². The van der Waals surface area contributed by atoms with E-state index in [4.69, 9.17) is 0 Å². The molecule has 1 rings (SSSR count). The number of rotatable bonds is 4. The summed E-state index contributed by atoms with van der Waals surface area (Å²) in [5.41, 5.74) is 0.559. The molecule has 0 aliphatic rings. The Kier molecular flexibility index (Phi) is 4.58. The predicted octanol–water partition coefficient (Wildman–Crippen LogP) is 1.72. The lowest BCUT2D eigenvalue weighted by atomic mass is 10.2. The monoisotopic (exact) mass is 268 g/mol. The Labute approximate surface area is 107 Å². The van der Waals surface area contributed by atoms with Crippen LogP contribution >= 0.6 is 7.14 Å². The highest BCUT2D eigenvalue weighted by Gasteiger charge is 2.03. The van der Waals surface area contributed by atoms with Gasteiger partial charge in [-0.3, -0.25) is 4.79 Å². The van der Waals surface area contributed by atoms with Crippen LogP contribution < -0.4 is 10.7 Å². The van der Waals surface area contributed by atoms with Crippen LogP contribution in [0.4, 0.5) is 0 Å². The number of aromatic nitrogens is 1. The average molecular weight is 268 g/mol. The van der Waals surface area contributed by atoms with E-state index < -0.39 is 7.14 Å². The van der Waals surface area contributed by atoms with Gasteiger partial charge in [0.25, 0.3) is 5.56 Å². The minimum absolute atomic E-state index is 0.188. The SMILES string of the molecule is Cc1cn(C/C=C/CP(C)(C)=O)c(=O)c(C)c1[O-]. The number of aryl methyl sites for hydroxylation is 1. The highest BCUT2D eigenvalue weighted by molar-refractivity contribution is 7.62. The molecule has 0 spiro atoms. The number of allylic oxidation sites excluding steroid dienone is 2. The third-order valence-electron chi connectivity index (χ3n) is 2.64. The van der Waals surface area contributed by atoms with Gasteiger partial charge in [0.1, 0.15) is 0 Å². The van der Waals surface area contributed by atoms with Crippen molar-refractivity contribution in [2.75, 3.05) is 19.5 Å². The van der Waals surface area contributed by atoms with Crippen LogP contribution in [-0.4, -0.2) is 24.1 Å². The van der Waals surface area contributed by atoms with Crippen molar-refractivity contribution in [1.82, 2.24) is 4.57 Å². The highest BCUT2D eigenvalue weighted by atomic mass is 31.2. The van der Waals surface area contributed by atoms with Crippen molar-refractivity contribution in [3.8, 4) is 5.75 Å². The summed E-state index contributed by atoms with van der Waals surface area (Å²) in [6.07, 6.45) is 5.73. The molecule has 5 heteroatoms. The molecular formula is C13H19NO3P-. The van der Waals surface area contributed by atoms with E-state index in [0.29, 0.717) is 18.3 Å². The van der Waals surface area contributed by atoms with Gasteiger partial charge in [-0.05, 0) is 32.7 Å². The van der Waals surface area contributed by atoms with Crippen LogP contribution in [0.1, 0.15) is 11.1 Å². The fourth-order valence-electron chi connectivity index (χ4n) is 1.61. The van der Waals surface area contributed by atoms with E-state index in [-0.39, 0.29) is 16.9 Å². The molecule has 0 amide bonds. The lowest BCUT2D eigenvalue weighted by molar-refractivity contribution is -0.270. The first-order valence-electron chi connectivity index (χ1n) is 5.79. The van der Waals surface area contributed by atoms with Gasteiger partial charge in [-0.25, -0.2) is 0 Å². The Balaban J connectivity index is 2.87. The van der Waals surface area contributed by atoms with Gasteiger partial charge in [-0.2, -0.15) is 0 Å². The minimum Gasteiger partial charge on any atom is -0.872 e. The van der Waals surface area contributed by atoms with Gasteiger partial charge in [-0.1, -0.05) is 17.9 Å². The molecule has 18 heavy (non-hydrogen) atoms. The maximum atomic E-state index is 11.8. The maximum Gasteiger partial charge on any atom is 0.253 e. The molecule has 4 nitrogen and oxygen atoms in total. The molecule has 0 bridgehead atoms. The number of pyridine rings is 1. The predicted molar refractivity (Wildman–Crippen MR) is 73.1 cm³/mol. The van der Waals surface area contributed by atoms with E-state index in [1.165, 1.54) is 4.57 Å². The largest absolute Gasteiger partial charge is 0.872 e. The first-order chi connectivity index (χ1) is 8.22. The topological polar surface area (TPSA) is 62.1 Å². The normalized spacial score (nSPS) is 12.2. The lowest BCUT2D eigenvalue weighted by Gasteiger charge is -2.16. The van der Waals surface area contributed by atoms with Gasteiger partial charge >= 0.3 is 0 Å². The van der Waals surface area contributed by atoms with Crippen LogP contribution in [0.3, 0.4) is 0 Å². The number of hydrogen-bond acceptors (Lipinski definition) is 3. The second-order valence-electron chi connectivity index (χ2n) is 4.95. The van der Waals surface area contributed by atoms with Crippen LogP contribution in [-0.2, 0) is 11.1 Å². The maximum absolute atomic E-state index is 11.8. The van der Waals surface area contributed by atoms with E-state index in [1.807, 2.05) is 12.2 Å². The van der Waals surface area contributed by atoms with Crippen LogP contribution in [0.5, 0.6) is 5.75 Å². The minimum atomic E-state index is -2.05. The molecule has 0 N–H and O–H groups in total. The molecule has 1 aromatic heterocycles. The summed E-state index contributed by atoms with van der Waals surface area (Å²) in [7, 11) is -2.05. The van der Waals surface area contributed by atoms with Crippen LogP contribution in [0, 0.1) is 13.8 Å². The second-order valence-corrected chi connectivity index (χ2v) is 8.46. The molecule has 1 heterocycles. The van der Waals surface area contributed by atoms with E-state index >= 15 is 0 Å². The molecule has 0 radical (unpaired) electrons. The van der Waals surface area contributed by atoms with Gasteiger partial charge in [0.05, 0.1) is 7.14 Å². The summed E-state index contributed by atoms with van der Waals surface area (Å²) in [6, 6.07) is 0. The summed E-state index contributed by atoms with van der Waals surface area (Å²) in [6.45, 7) is 7.10. The third kappa shape index (κ3) is 3.88. The zero-order chi connectivity index (χ0) is 13.9. The molecule has 0 aliphatic carbocycles. The zero-order valence-electron chi connectivity index (χ0n) is 11.3. The van der Waals surface area contributed by atoms with Gasteiger partial charge in [0.15, 0.2) is 0 Å². The lowest BCUT2D eigenvalue weighted by Crippen LogP contribution is -2.23. The molecular weight excluding hydrogens is 249 g/mol. The number of hydrogen-bond donors (Lipinski definition) is 0. The first-order valence-corrected chi connectivity index (χ1v) is 8.57. The third-order valence-corrected chi connectivity index (χ3v) is 3.73. The Morgan fingerprint density at radius 3 is 2.50 bits per heavy atom. The fraction of sp³-hybridized carbons (Fsp3) is 0.462. The Morgan fingerprint density at radius 2 is 1.94 bits per heavy atom. The molecule has 0 aliphatic heterocycles. The van der Waals surface area contributed by atoms with E-state index in [1.54, 1.807) is 33.4 Å². The van der Waals surface area contributed by atoms with Crippen molar-refractivity contribution in [2.24, 2.45) is 0 Å². The van der Waals surface area contributed by atoms with Crippen molar-refractivity contribution < 1.29 is 9.67 Å². The summed E-state index contributed by atoms with van der Waals surface area (Å²) < 4.78 is 13.0. The molecule has 1 aromatic rings. The second kappa shape index (κ2) is 5.57. The average Bonchev–Trinajstić information content (AvgIpc) is 2.26. The summed E-state index contributed by atoms with van der Waals surface area (Å²) >= 11 is 0. The van der Waals surface area contributed by atoms with Crippen molar-refractivity contribution in [3.05, 3.63) is 39.8 Å². The van der Waals surface area contributed by atoms with Crippen molar-refractivity contribution in [3.63, 3.8) is 0 Å². The van der Waals surface area contributed by atoms with Gasteiger partial charge in [-0.15, -0.1) is 0 Å². The molecule has 0 fully saturated rings. The van der Waals surface area contributed by atoms with Crippen molar-refractivity contribution in [1.29, 1.82) is 0 Å². The zero-order valence-corrected chi connectivity index (χ0v) is 12.2. The summed E-state index contributed by atoms with van der Waals surface area (Å²) in [5.74, 6) is -0.188. The Morgan fingerprint density at radius 1 is 1.33 bits per heavy atom. The molecule has 0 unspecified atom stereocenters. The van der Waals surface area contributed by atoms with Gasteiger partial charge < -0.3 is 14.2 Å². The fourth-order valence-corrected chi connectivity index (χ4v) is 2.27. The van der Waals surface area contributed by atoms with Gasteiger partial charge in [0.2, 0.25) is 0 Å². The van der Waals surface area contributed by atoms with Crippen LogP contribution in [0.15, 0.2) is 23.1 Å². The highest BCUT2D eigenvalue weighted by Crippen LogP contribution is 2.35. The quantitative estimate of drug-likeness (QED) is 0.617. The molecule has 0 aromatic carbocycles. The summed E-state index contributed by atoms with van der Waals surface area (Å²) in [4.78, 5) is 11.8. The van der Waals surface area contributed by atoms with E-state index in [2.05, 4.69) is 0 Å². The van der Waals surface area contributed by atoms with Crippen LogP contribution in [0.25, 0.3) is 0 Å². The molecule has 100 valence electrons. The molecule has 0 saturated carbocycles. The van der Waals surface area contributed by atoms with E-state index in [0.717, 1.165) is 0 Å². The molecule has 0 saturated heterocycles. The number of nitrogens with zero attached hydrogens (tertiary/aromatic N) is 1. The Hall–Kier alpha value is -1.28. The standard InChI is InChI=1S/C13H20NO3P/c1-10-9-14(13(16)11(2)12(10)15)7-5-6-8-18(3,4)17/h5-6,9,15H,7-8H2,1-4H3/p-1/b6-5+.